The second-order valence-electron chi connectivity index (χ2n) is 9.50. The molecule has 1 N–H and O–H groups in total. The predicted octanol–water partition coefficient (Wildman–Crippen LogP) is 5.95. The van der Waals surface area contributed by atoms with Crippen molar-refractivity contribution in [3.63, 3.8) is 0 Å². The number of hydrogen-bond acceptors (Lipinski definition) is 4. The van der Waals surface area contributed by atoms with Crippen LogP contribution in [0.25, 0.3) is 5.57 Å². The van der Waals surface area contributed by atoms with E-state index in [1.54, 1.807) is 42.3 Å². The van der Waals surface area contributed by atoms with E-state index in [1.807, 2.05) is 60.7 Å². The Bertz CT molecular complexity index is 1740. The van der Waals surface area contributed by atoms with Gasteiger partial charge in [-0.25, -0.2) is 0 Å². The van der Waals surface area contributed by atoms with Gasteiger partial charge in [-0.15, -0.1) is 0 Å². The van der Waals surface area contributed by atoms with Crippen molar-refractivity contribution < 1.29 is 14.4 Å². The minimum Gasteiger partial charge on any atom is -0.363 e. The van der Waals surface area contributed by atoms with Gasteiger partial charge in [-0.3, -0.25) is 14.4 Å². The highest BCUT2D eigenvalue weighted by Crippen LogP contribution is 2.51. The van der Waals surface area contributed by atoms with E-state index in [0.717, 1.165) is 32.4 Å². The summed E-state index contributed by atoms with van der Waals surface area (Å²) in [4.78, 5) is 43.0. The molecule has 1 amide bonds. The van der Waals surface area contributed by atoms with Gasteiger partial charge in [0.05, 0.1) is 11.3 Å². The van der Waals surface area contributed by atoms with Gasteiger partial charge in [-0.2, -0.15) is 0 Å². The van der Waals surface area contributed by atoms with Crippen LogP contribution in [0.15, 0.2) is 95.5 Å². The van der Waals surface area contributed by atoms with E-state index >= 15 is 0 Å². The van der Waals surface area contributed by atoms with Gasteiger partial charge in [0.25, 0.3) is 5.91 Å². The molecule has 0 saturated carbocycles. The van der Waals surface area contributed by atoms with Gasteiger partial charge in [-0.05, 0) is 41.5 Å². The van der Waals surface area contributed by atoms with Crippen LogP contribution in [0, 0.1) is 0 Å². The maximum atomic E-state index is 14.0. The molecule has 6 heteroatoms. The van der Waals surface area contributed by atoms with E-state index < -0.39 is 5.54 Å². The molecule has 37 heavy (non-hydrogen) atoms. The molecule has 2 aliphatic heterocycles. The SMILES string of the molecule is CN1C(=O)[C@@]2(C=C(c3ccccc3)c3ccc4c(c3N2)C(=O)c2ccccc2C4=O)c2cc(Br)ccc21. The maximum absolute atomic E-state index is 14.0. The zero-order chi connectivity index (χ0) is 25.5. The summed E-state index contributed by atoms with van der Waals surface area (Å²) in [5, 5.41) is 3.48. The van der Waals surface area contributed by atoms with E-state index in [0.29, 0.717) is 27.9 Å². The summed E-state index contributed by atoms with van der Waals surface area (Å²) in [6, 6.07) is 26.1. The third kappa shape index (κ3) is 2.87. The van der Waals surface area contributed by atoms with Crippen molar-refractivity contribution in [3.05, 3.63) is 134 Å². The van der Waals surface area contributed by atoms with E-state index in [-0.39, 0.29) is 17.5 Å². The molecular weight excluding hydrogens is 528 g/mol. The number of nitrogens with one attached hydrogen (secondary N) is 1. The molecule has 5 nitrogen and oxygen atoms in total. The van der Waals surface area contributed by atoms with Crippen LogP contribution in [0.5, 0.6) is 0 Å². The van der Waals surface area contributed by atoms with Crippen LogP contribution < -0.4 is 10.2 Å². The first-order valence-corrected chi connectivity index (χ1v) is 12.7. The molecule has 4 aromatic rings. The highest BCUT2D eigenvalue weighted by Gasteiger charge is 2.52. The number of amides is 1. The Morgan fingerprint density at radius 2 is 1.43 bits per heavy atom. The third-order valence-corrected chi connectivity index (χ3v) is 8.03. The van der Waals surface area contributed by atoms with Gasteiger partial charge in [0.15, 0.2) is 17.1 Å². The van der Waals surface area contributed by atoms with Crippen LogP contribution in [-0.2, 0) is 10.3 Å². The molecule has 0 fully saturated rings. The Morgan fingerprint density at radius 1 is 0.757 bits per heavy atom. The summed E-state index contributed by atoms with van der Waals surface area (Å²) >= 11 is 3.56. The molecule has 0 aromatic heterocycles. The summed E-state index contributed by atoms with van der Waals surface area (Å²) in [5.41, 5.74) is 4.75. The van der Waals surface area contributed by atoms with Crippen molar-refractivity contribution >= 4 is 50.4 Å². The number of fused-ring (bicyclic) bond motifs is 6. The average Bonchev–Trinajstić information content (AvgIpc) is 3.12. The Hall–Kier alpha value is -4.29. The summed E-state index contributed by atoms with van der Waals surface area (Å²) in [7, 11) is 1.75. The zero-order valence-corrected chi connectivity index (χ0v) is 21.3. The number of carbonyl (C=O) groups excluding carboxylic acids is 3. The molecule has 1 atom stereocenters. The number of anilines is 2. The van der Waals surface area contributed by atoms with E-state index in [9.17, 15) is 14.4 Å². The number of hydrogen-bond donors (Lipinski definition) is 1. The van der Waals surface area contributed by atoms with Crippen molar-refractivity contribution in [3.8, 4) is 0 Å². The van der Waals surface area contributed by atoms with Crippen LogP contribution in [0.1, 0.15) is 48.5 Å². The van der Waals surface area contributed by atoms with E-state index in [2.05, 4.69) is 21.2 Å². The van der Waals surface area contributed by atoms with Crippen molar-refractivity contribution in [2.45, 2.75) is 5.54 Å². The fourth-order valence-corrected chi connectivity index (χ4v) is 6.15. The van der Waals surface area contributed by atoms with Crippen molar-refractivity contribution in [2.75, 3.05) is 17.3 Å². The highest BCUT2D eigenvalue weighted by molar-refractivity contribution is 9.10. The second-order valence-corrected chi connectivity index (χ2v) is 10.4. The monoisotopic (exact) mass is 546 g/mol. The van der Waals surface area contributed by atoms with Gasteiger partial charge in [0.1, 0.15) is 0 Å². The first-order chi connectivity index (χ1) is 17.9. The normalized spacial score (nSPS) is 19.1. The number of nitrogens with zero attached hydrogens (tertiary/aromatic N) is 1. The summed E-state index contributed by atoms with van der Waals surface area (Å²) in [5.74, 6) is -0.586. The Kier molecular flexibility index (Phi) is 4.51. The van der Waals surface area contributed by atoms with Crippen molar-refractivity contribution in [2.24, 2.45) is 0 Å². The molecule has 2 heterocycles. The smallest absolute Gasteiger partial charge is 0.261 e. The van der Waals surface area contributed by atoms with Gasteiger partial charge in [0.2, 0.25) is 0 Å². The van der Waals surface area contributed by atoms with Crippen LogP contribution in [0.4, 0.5) is 11.4 Å². The van der Waals surface area contributed by atoms with Gasteiger partial charge in [-0.1, -0.05) is 76.6 Å². The van der Waals surface area contributed by atoms with Crippen molar-refractivity contribution in [1.29, 1.82) is 0 Å². The molecular formula is C31H19BrN2O3. The quantitative estimate of drug-likeness (QED) is 0.282. The van der Waals surface area contributed by atoms with Gasteiger partial charge >= 0.3 is 0 Å². The zero-order valence-electron chi connectivity index (χ0n) is 19.7. The first-order valence-electron chi connectivity index (χ1n) is 11.9. The topological polar surface area (TPSA) is 66.5 Å². The molecule has 0 unspecified atom stereocenters. The highest BCUT2D eigenvalue weighted by atomic mass is 79.9. The van der Waals surface area contributed by atoms with Crippen LogP contribution >= 0.6 is 15.9 Å². The van der Waals surface area contributed by atoms with Crippen LogP contribution in [-0.4, -0.2) is 24.5 Å². The molecule has 0 radical (unpaired) electrons. The first kappa shape index (κ1) is 21.9. The molecule has 0 bridgehead atoms. The lowest BCUT2D eigenvalue weighted by molar-refractivity contribution is -0.120. The lowest BCUT2D eigenvalue weighted by Crippen LogP contribution is -2.46. The average molecular weight is 547 g/mol. The summed E-state index contributed by atoms with van der Waals surface area (Å²) in [6.45, 7) is 0. The predicted molar refractivity (Wildman–Crippen MR) is 146 cm³/mol. The number of ketones is 2. The van der Waals surface area contributed by atoms with Crippen molar-refractivity contribution in [1.82, 2.24) is 0 Å². The van der Waals surface area contributed by atoms with Crippen LogP contribution in [0.3, 0.4) is 0 Å². The summed E-state index contributed by atoms with van der Waals surface area (Å²) in [6.07, 6.45) is 1.96. The minimum atomic E-state index is -1.25. The molecule has 3 aliphatic rings. The number of likely N-dealkylation sites (N-methyl/N-ethyl adjacent to an activating group) is 1. The molecule has 1 aliphatic carbocycles. The number of benzene rings is 4. The van der Waals surface area contributed by atoms with Gasteiger partial charge < -0.3 is 10.2 Å². The number of rotatable bonds is 1. The third-order valence-electron chi connectivity index (χ3n) is 7.54. The fourth-order valence-electron chi connectivity index (χ4n) is 5.79. The fraction of sp³-hybridized carbons (Fsp3) is 0.0645. The van der Waals surface area contributed by atoms with Crippen LogP contribution in [0.2, 0.25) is 0 Å². The number of halogens is 1. The minimum absolute atomic E-state index is 0.160. The Morgan fingerprint density at radius 3 is 2.19 bits per heavy atom. The molecule has 0 saturated heterocycles. The molecule has 7 rings (SSSR count). The van der Waals surface area contributed by atoms with E-state index in [4.69, 9.17) is 0 Å². The molecule has 178 valence electrons. The van der Waals surface area contributed by atoms with Gasteiger partial charge in [0, 0.05) is 45.0 Å². The standard InChI is InChI=1S/C31H19BrN2O3/c1-34-25-14-11-18(32)15-24(25)31(30(34)37)16-23(17-7-3-2-4-8-17)19-12-13-22-26(27(19)33-31)29(36)21-10-6-5-9-20(21)28(22)35/h2-16,33H,1H3/t31-/m1/s1. The Balaban J connectivity index is 1.56. The summed E-state index contributed by atoms with van der Waals surface area (Å²) < 4.78 is 0.839. The second kappa shape index (κ2) is 7.60. The maximum Gasteiger partial charge on any atom is 0.261 e. The number of carbonyl (C=O) groups is 3. The Labute approximate surface area is 221 Å². The van der Waals surface area contributed by atoms with E-state index in [1.165, 1.54) is 0 Å². The molecule has 1 spiro atoms. The molecule has 4 aromatic carbocycles. The largest absolute Gasteiger partial charge is 0.363 e. The lowest BCUT2D eigenvalue weighted by atomic mass is 9.76. The lowest BCUT2D eigenvalue weighted by Gasteiger charge is -2.36.